The van der Waals surface area contributed by atoms with Crippen molar-refractivity contribution < 1.29 is 8.42 Å². The first kappa shape index (κ1) is 14.5. The van der Waals surface area contributed by atoms with Crippen molar-refractivity contribution in [1.82, 2.24) is 18.8 Å². The van der Waals surface area contributed by atoms with Gasteiger partial charge in [-0.1, -0.05) is 0 Å². The van der Waals surface area contributed by atoms with E-state index in [-0.39, 0.29) is 16.9 Å². The van der Waals surface area contributed by atoms with E-state index >= 15 is 0 Å². The van der Waals surface area contributed by atoms with Gasteiger partial charge in [0.1, 0.15) is 0 Å². The van der Waals surface area contributed by atoms with Crippen LogP contribution in [0.2, 0.25) is 0 Å². The van der Waals surface area contributed by atoms with Gasteiger partial charge in [-0.05, 0) is 24.6 Å². The molecule has 8 heteroatoms. The summed E-state index contributed by atoms with van der Waals surface area (Å²) in [6.45, 7) is 1.81. The molecule has 1 unspecified atom stereocenters. The standard InChI is InChI=1S/C12H17N5O2S/c1-9(10-4-6-14-7-5-10)17(3)20(18,19)12-11(13)15-8-16(12)2/h4-9H,13H2,1-3H3. The summed E-state index contributed by atoms with van der Waals surface area (Å²) in [5, 5.41) is 0.000839. The normalized spacial score (nSPS) is 13.6. The Labute approximate surface area is 118 Å². The minimum absolute atomic E-state index is 0.000839. The van der Waals surface area contributed by atoms with Crippen LogP contribution < -0.4 is 5.73 Å². The van der Waals surface area contributed by atoms with Crippen LogP contribution in [0.15, 0.2) is 35.9 Å². The maximum atomic E-state index is 12.6. The zero-order valence-corrected chi connectivity index (χ0v) is 12.4. The van der Waals surface area contributed by atoms with E-state index in [4.69, 9.17) is 5.73 Å². The topological polar surface area (TPSA) is 94.1 Å². The number of nitrogens with two attached hydrogens (primary N) is 1. The van der Waals surface area contributed by atoms with E-state index in [9.17, 15) is 8.42 Å². The van der Waals surface area contributed by atoms with Gasteiger partial charge in [-0.25, -0.2) is 13.4 Å². The Bertz CT molecular complexity index is 676. The molecule has 0 radical (unpaired) electrons. The summed E-state index contributed by atoms with van der Waals surface area (Å²) in [6, 6.07) is 3.23. The number of pyridine rings is 1. The van der Waals surface area contributed by atoms with E-state index in [1.165, 1.54) is 22.2 Å². The van der Waals surface area contributed by atoms with Crippen molar-refractivity contribution in [2.45, 2.75) is 18.0 Å². The highest BCUT2D eigenvalue weighted by Crippen LogP contribution is 2.27. The van der Waals surface area contributed by atoms with Crippen molar-refractivity contribution in [3.8, 4) is 0 Å². The second kappa shape index (κ2) is 5.22. The molecular formula is C12H17N5O2S. The van der Waals surface area contributed by atoms with E-state index in [2.05, 4.69) is 9.97 Å². The van der Waals surface area contributed by atoms with Crippen LogP contribution >= 0.6 is 0 Å². The average molecular weight is 295 g/mol. The average Bonchev–Trinajstić information content (AvgIpc) is 2.78. The molecule has 1 atom stereocenters. The number of hydrogen-bond donors (Lipinski definition) is 1. The third-order valence-corrected chi connectivity index (χ3v) is 5.33. The van der Waals surface area contributed by atoms with E-state index in [1.807, 2.05) is 0 Å². The Morgan fingerprint density at radius 2 is 1.95 bits per heavy atom. The lowest BCUT2D eigenvalue weighted by atomic mass is 10.1. The first-order valence-corrected chi connectivity index (χ1v) is 7.44. The fraction of sp³-hybridized carbons (Fsp3) is 0.333. The molecule has 20 heavy (non-hydrogen) atoms. The molecule has 2 N–H and O–H groups in total. The molecule has 0 saturated heterocycles. The number of rotatable bonds is 4. The molecule has 0 spiro atoms. The monoisotopic (exact) mass is 295 g/mol. The molecule has 7 nitrogen and oxygen atoms in total. The molecule has 0 fully saturated rings. The number of nitrogen functional groups attached to an aromatic ring is 1. The SMILES string of the molecule is CC(c1ccncc1)N(C)S(=O)(=O)c1c(N)ncn1C. The summed E-state index contributed by atoms with van der Waals surface area (Å²) in [6.07, 6.45) is 4.64. The number of sulfonamides is 1. The number of hydrogen-bond acceptors (Lipinski definition) is 5. The van der Waals surface area contributed by atoms with E-state index in [1.54, 1.807) is 38.5 Å². The summed E-state index contributed by atoms with van der Waals surface area (Å²) in [7, 11) is -0.597. The summed E-state index contributed by atoms with van der Waals surface area (Å²) < 4.78 is 27.9. The largest absolute Gasteiger partial charge is 0.381 e. The second-order valence-corrected chi connectivity index (χ2v) is 6.44. The fourth-order valence-corrected chi connectivity index (χ4v) is 3.49. The van der Waals surface area contributed by atoms with E-state index < -0.39 is 10.0 Å². The van der Waals surface area contributed by atoms with Gasteiger partial charge in [-0.15, -0.1) is 0 Å². The zero-order chi connectivity index (χ0) is 14.9. The summed E-state index contributed by atoms with van der Waals surface area (Å²) in [5.41, 5.74) is 6.51. The molecular weight excluding hydrogens is 278 g/mol. The molecule has 2 rings (SSSR count). The predicted octanol–water partition coefficient (Wildman–Crippen LogP) is 0.779. The fourth-order valence-electron chi connectivity index (χ4n) is 1.95. The van der Waals surface area contributed by atoms with Crippen LogP contribution in [0.1, 0.15) is 18.5 Å². The van der Waals surface area contributed by atoms with Crippen LogP contribution in [-0.2, 0) is 17.1 Å². The molecule has 0 bridgehead atoms. The molecule has 0 aromatic carbocycles. The molecule has 0 saturated carbocycles. The van der Waals surface area contributed by atoms with Gasteiger partial charge in [-0.2, -0.15) is 4.31 Å². The van der Waals surface area contributed by atoms with Gasteiger partial charge in [0.2, 0.25) is 0 Å². The number of anilines is 1. The second-order valence-electron chi connectivity index (χ2n) is 4.52. The summed E-state index contributed by atoms with van der Waals surface area (Å²) in [5.74, 6) is 0.00118. The van der Waals surface area contributed by atoms with Crippen LogP contribution in [0.4, 0.5) is 5.82 Å². The Kier molecular flexibility index (Phi) is 3.78. The van der Waals surface area contributed by atoms with Gasteiger partial charge >= 0.3 is 0 Å². The van der Waals surface area contributed by atoms with Crippen LogP contribution in [0.3, 0.4) is 0 Å². The van der Waals surface area contributed by atoms with Crippen molar-refractivity contribution in [2.75, 3.05) is 12.8 Å². The lowest BCUT2D eigenvalue weighted by molar-refractivity contribution is 0.395. The van der Waals surface area contributed by atoms with Gasteiger partial charge in [0.05, 0.1) is 6.33 Å². The Morgan fingerprint density at radius 1 is 1.35 bits per heavy atom. The third kappa shape index (κ3) is 2.39. The van der Waals surface area contributed by atoms with Crippen LogP contribution in [-0.4, -0.2) is 34.3 Å². The molecule has 2 heterocycles. The molecule has 0 amide bonds. The predicted molar refractivity (Wildman–Crippen MR) is 75.2 cm³/mol. The van der Waals surface area contributed by atoms with Crippen LogP contribution in [0, 0.1) is 0 Å². The highest BCUT2D eigenvalue weighted by molar-refractivity contribution is 7.89. The molecule has 0 aliphatic rings. The quantitative estimate of drug-likeness (QED) is 0.899. The maximum absolute atomic E-state index is 12.6. The lowest BCUT2D eigenvalue weighted by Crippen LogP contribution is -2.31. The molecule has 0 aliphatic heterocycles. The van der Waals surface area contributed by atoms with Gasteiger partial charge in [0.15, 0.2) is 10.8 Å². The molecule has 108 valence electrons. The van der Waals surface area contributed by atoms with Crippen molar-refractivity contribution >= 4 is 15.8 Å². The third-order valence-electron chi connectivity index (χ3n) is 3.27. The first-order chi connectivity index (χ1) is 9.35. The van der Waals surface area contributed by atoms with Crippen molar-refractivity contribution in [3.63, 3.8) is 0 Å². The molecule has 2 aromatic rings. The zero-order valence-electron chi connectivity index (χ0n) is 11.6. The number of nitrogens with zero attached hydrogens (tertiary/aromatic N) is 4. The van der Waals surface area contributed by atoms with Crippen molar-refractivity contribution in [1.29, 1.82) is 0 Å². The summed E-state index contributed by atoms with van der Waals surface area (Å²) in [4.78, 5) is 7.75. The highest BCUT2D eigenvalue weighted by Gasteiger charge is 2.31. The van der Waals surface area contributed by atoms with Crippen LogP contribution in [0.25, 0.3) is 0 Å². The van der Waals surface area contributed by atoms with Gasteiger partial charge in [0, 0.05) is 32.5 Å². The number of aryl methyl sites for hydroxylation is 1. The number of aromatic nitrogens is 3. The summed E-state index contributed by atoms with van der Waals surface area (Å²) >= 11 is 0. The molecule has 0 aliphatic carbocycles. The van der Waals surface area contributed by atoms with Gasteiger partial charge in [-0.3, -0.25) is 4.98 Å². The van der Waals surface area contributed by atoms with Crippen molar-refractivity contribution in [2.24, 2.45) is 7.05 Å². The smallest absolute Gasteiger partial charge is 0.262 e. The van der Waals surface area contributed by atoms with E-state index in [0.717, 1.165) is 5.56 Å². The molecule has 2 aromatic heterocycles. The number of imidazole rings is 1. The van der Waals surface area contributed by atoms with Crippen molar-refractivity contribution in [3.05, 3.63) is 36.4 Å². The minimum atomic E-state index is -3.72. The van der Waals surface area contributed by atoms with Gasteiger partial charge < -0.3 is 10.3 Å². The van der Waals surface area contributed by atoms with Gasteiger partial charge in [0.25, 0.3) is 10.0 Å². The Balaban J connectivity index is 2.40. The first-order valence-electron chi connectivity index (χ1n) is 6.00. The van der Waals surface area contributed by atoms with E-state index in [0.29, 0.717) is 0 Å². The Morgan fingerprint density at radius 3 is 2.45 bits per heavy atom. The lowest BCUT2D eigenvalue weighted by Gasteiger charge is -2.24. The highest BCUT2D eigenvalue weighted by atomic mass is 32.2. The maximum Gasteiger partial charge on any atom is 0.262 e. The minimum Gasteiger partial charge on any atom is -0.381 e. The van der Waals surface area contributed by atoms with Crippen LogP contribution in [0.5, 0.6) is 0 Å². The Hall–Kier alpha value is -1.93.